The minimum absolute atomic E-state index is 0.144. The quantitative estimate of drug-likeness (QED) is 0.372. The van der Waals surface area contributed by atoms with E-state index >= 15 is 0 Å². The first-order valence-electron chi connectivity index (χ1n) is 10.1. The third-order valence-corrected chi connectivity index (χ3v) is 3.65. The minimum atomic E-state index is -1.20. The summed E-state index contributed by atoms with van der Waals surface area (Å²) in [4.78, 5) is 23.6. The van der Waals surface area contributed by atoms with Gasteiger partial charge in [0.2, 0.25) is 0 Å². The molecule has 0 aromatic heterocycles. The van der Waals surface area contributed by atoms with Gasteiger partial charge in [0, 0.05) is 25.0 Å². The molecule has 170 valence electrons. The van der Waals surface area contributed by atoms with Gasteiger partial charge in [0.15, 0.2) is 6.79 Å². The van der Waals surface area contributed by atoms with Crippen LogP contribution < -0.4 is 25.4 Å². The van der Waals surface area contributed by atoms with Crippen LogP contribution in [0.5, 0.6) is 5.75 Å². The first kappa shape index (κ1) is 25.9. The van der Waals surface area contributed by atoms with Crippen molar-refractivity contribution in [1.82, 2.24) is 10.6 Å². The highest BCUT2D eigenvalue weighted by Gasteiger charge is 2.07. The van der Waals surface area contributed by atoms with Crippen molar-refractivity contribution in [3.8, 4) is 5.75 Å². The van der Waals surface area contributed by atoms with Crippen LogP contribution in [0.2, 0.25) is 0 Å². The van der Waals surface area contributed by atoms with E-state index in [9.17, 15) is 14.7 Å². The summed E-state index contributed by atoms with van der Waals surface area (Å²) in [6.45, 7) is 2.54. The van der Waals surface area contributed by atoms with E-state index < -0.39 is 18.0 Å². The normalized spacial score (nSPS) is 11.1. The molecule has 8 heteroatoms. The molecule has 0 aliphatic heterocycles. The second kappa shape index (κ2) is 14.8. The van der Waals surface area contributed by atoms with Gasteiger partial charge in [0.1, 0.15) is 5.75 Å². The van der Waals surface area contributed by atoms with Crippen molar-refractivity contribution < 1.29 is 29.1 Å². The van der Waals surface area contributed by atoms with Gasteiger partial charge >= 0.3 is 6.03 Å². The number of benzene rings is 2. The fourth-order valence-corrected chi connectivity index (χ4v) is 2.31. The van der Waals surface area contributed by atoms with Crippen molar-refractivity contribution >= 4 is 12.0 Å². The van der Waals surface area contributed by atoms with Crippen molar-refractivity contribution in [2.75, 3.05) is 27.9 Å². The van der Waals surface area contributed by atoms with Crippen LogP contribution >= 0.6 is 0 Å². The lowest BCUT2D eigenvalue weighted by molar-refractivity contribution is -0.836. The number of nitrogens with one attached hydrogen (secondary N) is 3. The number of carboxylic acid groups (broad SMARTS) is 1. The predicted octanol–water partition coefficient (Wildman–Crippen LogP) is 0.328. The number of ether oxygens (including phenoxy) is 2. The van der Waals surface area contributed by atoms with Crippen LogP contribution in [-0.2, 0) is 22.7 Å². The van der Waals surface area contributed by atoms with E-state index in [1.165, 1.54) is 4.90 Å². The Bertz CT molecular complexity index is 764. The van der Waals surface area contributed by atoms with Gasteiger partial charge in [-0.3, -0.25) is 0 Å². The Hall–Kier alpha value is -3.10. The molecule has 3 N–H and O–H groups in total. The number of hydrogen-bond acceptors (Lipinski definition) is 5. The van der Waals surface area contributed by atoms with Crippen LogP contribution in [-0.4, -0.2) is 46.0 Å². The van der Waals surface area contributed by atoms with Crippen molar-refractivity contribution in [3.63, 3.8) is 0 Å². The first-order valence-corrected chi connectivity index (χ1v) is 10.1. The first-order chi connectivity index (χ1) is 14.8. The lowest BCUT2D eigenvalue weighted by Gasteiger charge is -2.15. The molecule has 0 saturated heterocycles. The summed E-state index contributed by atoms with van der Waals surface area (Å²) in [5.74, 6) is -0.537. The molecule has 0 radical (unpaired) electrons. The third-order valence-electron chi connectivity index (χ3n) is 3.65. The summed E-state index contributed by atoms with van der Waals surface area (Å²) in [6.07, 6.45) is -0.230. The number of hydrogen-bond donors (Lipinski definition) is 3. The monoisotopic (exact) mass is 431 g/mol. The second-order valence-electron chi connectivity index (χ2n) is 7.54. The highest BCUT2D eigenvalue weighted by atomic mass is 16.7. The van der Waals surface area contributed by atoms with E-state index in [4.69, 9.17) is 9.47 Å². The average Bonchev–Trinajstić information content (AvgIpc) is 2.70. The van der Waals surface area contributed by atoms with Crippen LogP contribution in [0.1, 0.15) is 24.5 Å². The van der Waals surface area contributed by atoms with Gasteiger partial charge in [0.25, 0.3) is 0 Å². The lowest BCUT2D eigenvalue weighted by Crippen LogP contribution is -3.02. The standard InChI is InChI=1S/C20H24N2O5.C3H9N/c1-15(11-19(23)24)22-20(25)21-12-16-7-9-18(10-8-16)27-14-26-13-17-5-3-2-4-6-17;1-4(2)3/h2-10,15H,11-14H2,1H3,(H,23,24)(H2,21,22,25);1-3H3/t15-;/m1./s1. The molecule has 0 heterocycles. The van der Waals surface area contributed by atoms with E-state index in [0.717, 1.165) is 11.1 Å². The van der Waals surface area contributed by atoms with Gasteiger partial charge in [0.05, 0.1) is 27.7 Å². The van der Waals surface area contributed by atoms with Crippen molar-refractivity contribution in [3.05, 3.63) is 65.7 Å². The number of amides is 2. The van der Waals surface area contributed by atoms with E-state index in [1.807, 2.05) is 42.5 Å². The SMILES string of the molecule is C[C@H](CC(=O)[O-])NC(=O)NCc1ccc(OCOCc2ccccc2)cc1.C[NH+](C)C. The van der Waals surface area contributed by atoms with Crippen LogP contribution in [0.3, 0.4) is 0 Å². The molecule has 0 saturated carbocycles. The molecule has 0 fully saturated rings. The number of carboxylic acids is 1. The Morgan fingerprint density at radius 3 is 2.19 bits per heavy atom. The maximum absolute atomic E-state index is 11.7. The number of rotatable bonds is 10. The highest BCUT2D eigenvalue weighted by Crippen LogP contribution is 2.12. The molecule has 2 aromatic carbocycles. The summed E-state index contributed by atoms with van der Waals surface area (Å²) in [6, 6.07) is 16.1. The summed E-state index contributed by atoms with van der Waals surface area (Å²) in [5, 5.41) is 15.7. The van der Waals surface area contributed by atoms with Crippen LogP contribution in [0.15, 0.2) is 54.6 Å². The maximum atomic E-state index is 11.7. The molecule has 2 amide bonds. The van der Waals surface area contributed by atoms with E-state index in [0.29, 0.717) is 18.9 Å². The molecule has 0 aliphatic carbocycles. The minimum Gasteiger partial charge on any atom is -0.550 e. The zero-order chi connectivity index (χ0) is 23.1. The van der Waals surface area contributed by atoms with Gasteiger partial charge in [-0.05, 0) is 30.2 Å². The van der Waals surface area contributed by atoms with Gasteiger partial charge in [-0.15, -0.1) is 0 Å². The maximum Gasteiger partial charge on any atom is 0.315 e. The zero-order valence-electron chi connectivity index (χ0n) is 18.6. The van der Waals surface area contributed by atoms with Crippen LogP contribution in [0.4, 0.5) is 4.79 Å². The number of quaternary nitrogens is 1. The molecule has 31 heavy (non-hydrogen) atoms. The molecule has 0 spiro atoms. The number of urea groups is 1. The van der Waals surface area contributed by atoms with Crippen LogP contribution in [0, 0.1) is 0 Å². The fourth-order valence-electron chi connectivity index (χ4n) is 2.31. The molecular formula is C23H33N3O5. The lowest BCUT2D eigenvalue weighted by atomic mass is 10.2. The molecule has 2 rings (SSSR count). The van der Waals surface area contributed by atoms with E-state index in [-0.39, 0.29) is 13.2 Å². The Labute approximate surface area is 184 Å². The summed E-state index contributed by atoms with van der Waals surface area (Å²) in [5.41, 5.74) is 1.96. The summed E-state index contributed by atoms with van der Waals surface area (Å²) >= 11 is 0. The Morgan fingerprint density at radius 1 is 1.00 bits per heavy atom. The van der Waals surface area contributed by atoms with Crippen molar-refractivity contribution in [1.29, 1.82) is 0 Å². The van der Waals surface area contributed by atoms with Gasteiger partial charge in [-0.25, -0.2) is 4.79 Å². The van der Waals surface area contributed by atoms with Gasteiger partial charge < -0.3 is 34.9 Å². The number of aliphatic carboxylic acids is 1. The molecule has 2 aromatic rings. The zero-order valence-corrected chi connectivity index (χ0v) is 18.6. The molecule has 1 atom stereocenters. The Morgan fingerprint density at radius 2 is 1.61 bits per heavy atom. The van der Waals surface area contributed by atoms with E-state index in [2.05, 4.69) is 31.8 Å². The number of carbonyl (C=O) groups is 2. The Kier molecular flexibility index (Phi) is 12.4. The van der Waals surface area contributed by atoms with Crippen LogP contribution in [0.25, 0.3) is 0 Å². The topological polar surface area (TPSA) is 104 Å². The number of carbonyl (C=O) groups excluding carboxylic acids is 2. The average molecular weight is 432 g/mol. The fraction of sp³-hybridized carbons (Fsp3) is 0.391. The predicted molar refractivity (Wildman–Crippen MR) is 116 cm³/mol. The molecule has 0 aliphatic rings. The smallest absolute Gasteiger partial charge is 0.315 e. The molecule has 0 unspecified atom stereocenters. The Balaban J connectivity index is 0.00000110. The molecule has 0 bridgehead atoms. The van der Waals surface area contributed by atoms with Gasteiger partial charge in [-0.1, -0.05) is 42.5 Å². The summed E-state index contributed by atoms with van der Waals surface area (Å²) in [7, 11) is 6.25. The van der Waals surface area contributed by atoms with Crippen molar-refractivity contribution in [2.45, 2.75) is 32.5 Å². The third kappa shape index (κ3) is 13.7. The molecular weight excluding hydrogens is 398 g/mol. The largest absolute Gasteiger partial charge is 0.550 e. The van der Waals surface area contributed by atoms with Gasteiger partial charge in [-0.2, -0.15) is 0 Å². The second-order valence-corrected chi connectivity index (χ2v) is 7.54. The van der Waals surface area contributed by atoms with E-state index in [1.54, 1.807) is 19.1 Å². The summed E-state index contributed by atoms with van der Waals surface area (Å²) < 4.78 is 11.0. The highest BCUT2D eigenvalue weighted by molar-refractivity contribution is 5.75. The van der Waals surface area contributed by atoms with Crippen molar-refractivity contribution in [2.24, 2.45) is 0 Å². The molecule has 8 nitrogen and oxygen atoms in total.